The van der Waals surface area contributed by atoms with E-state index in [0.29, 0.717) is 23.0 Å². The van der Waals surface area contributed by atoms with Crippen LogP contribution >= 0.6 is 11.8 Å². The molecule has 0 radical (unpaired) electrons. The lowest BCUT2D eigenvalue weighted by molar-refractivity contribution is -0.111. The molecule has 0 bridgehead atoms. The first-order valence-corrected chi connectivity index (χ1v) is 10.2. The first-order chi connectivity index (χ1) is 11.8. The van der Waals surface area contributed by atoms with Crippen LogP contribution in [0.3, 0.4) is 0 Å². The quantitative estimate of drug-likeness (QED) is 0.697. The van der Waals surface area contributed by atoms with E-state index in [9.17, 15) is 4.79 Å². The summed E-state index contributed by atoms with van der Waals surface area (Å²) in [6, 6.07) is 2.65. The number of unbranched alkanes of at least 4 members (excludes halogenated alkanes) is 1. The van der Waals surface area contributed by atoms with Crippen LogP contribution in [0.2, 0.25) is 0 Å². The molecule has 3 rings (SSSR count). The average molecular weight is 349 g/mol. The predicted molar refractivity (Wildman–Crippen MR) is 98.6 cm³/mol. The van der Waals surface area contributed by atoms with Gasteiger partial charge >= 0.3 is 0 Å². The third kappa shape index (κ3) is 5.21. The van der Waals surface area contributed by atoms with Gasteiger partial charge in [-0.3, -0.25) is 9.78 Å². The fraction of sp³-hybridized carbons (Fsp3) is 0.684. The molecule has 0 aromatic carbocycles. The first kappa shape index (κ1) is 17.7. The molecule has 1 saturated carbocycles. The Kier molecular flexibility index (Phi) is 6.55. The zero-order valence-corrected chi connectivity index (χ0v) is 15.3. The van der Waals surface area contributed by atoms with Crippen LogP contribution in [-0.2, 0) is 4.79 Å². The number of ether oxygens (including phenoxy) is 1. The van der Waals surface area contributed by atoms with Gasteiger partial charge in [0.15, 0.2) is 5.12 Å². The molecule has 3 atom stereocenters. The van der Waals surface area contributed by atoms with Gasteiger partial charge in [-0.15, -0.1) is 0 Å². The standard InChI is InChI=1S/C19H28N2O2S/c1-2-3-4-19(22)24-8-6-14-10-18(14)15-9-17(12-20-11-15)23-13-16-5-7-21-16/h9,11-12,14,16,18,21H,2-8,10,13H2,1H3/t14-,16-,18-/m0/s1. The second-order valence-electron chi connectivity index (χ2n) is 6.92. The van der Waals surface area contributed by atoms with Crippen molar-refractivity contribution in [3.63, 3.8) is 0 Å². The maximum atomic E-state index is 11.7. The van der Waals surface area contributed by atoms with E-state index in [2.05, 4.69) is 23.3 Å². The van der Waals surface area contributed by atoms with Crippen molar-refractivity contribution in [1.29, 1.82) is 0 Å². The Bertz CT molecular complexity index is 548. The molecular weight excluding hydrogens is 320 g/mol. The molecule has 0 spiro atoms. The Labute approximate surface area is 149 Å². The summed E-state index contributed by atoms with van der Waals surface area (Å²) in [5, 5.41) is 3.70. The lowest BCUT2D eigenvalue weighted by Crippen LogP contribution is -2.46. The van der Waals surface area contributed by atoms with Gasteiger partial charge in [-0.1, -0.05) is 25.1 Å². The van der Waals surface area contributed by atoms with Crippen LogP contribution in [0, 0.1) is 5.92 Å². The highest BCUT2D eigenvalue weighted by Gasteiger charge is 2.38. The maximum absolute atomic E-state index is 11.7. The topological polar surface area (TPSA) is 51.2 Å². The van der Waals surface area contributed by atoms with Gasteiger partial charge in [0.1, 0.15) is 12.4 Å². The monoisotopic (exact) mass is 348 g/mol. The highest BCUT2D eigenvalue weighted by molar-refractivity contribution is 8.13. The van der Waals surface area contributed by atoms with Crippen molar-refractivity contribution >= 4 is 16.9 Å². The summed E-state index contributed by atoms with van der Waals surface area (Å²) >= 11 is 1.52. The number of rotatable bonds is 10. The molecule has 1 saturated heterocycles. The third-order valence-corrected chi connectivity index (χ3v) is 5.91. The Morgan fingerprint density at radius 3 is 3.08 bits per heavy atom. The zero-order valence-electron chi connectivity index (χ0n) is 14.5. The largest absolute Gasteiger partial charge is 0.490 e. The predicted octanol–water partition coefficient (Wildman–Crippen LogP) is 3.77. The van der Waals surface area contributed by atoms with E-state index >= 15 is 0 Å². The number of thioether (sulfide) groups is 1. The summed E-state index contributed by atoms with van der Waals surface area (Å²) in [5.41, 5.74) is 1.29. The Balaban J connectivity index is 1.37. The van der Waals surface area contributed by atoms with E-state index < -0.39 is 0 Å². The van der Waals surface area contributed by atoms with Crippen molar-refractivity contribution in [2.24, 2.45) is 5.92 Å². The van der Waals surface area contributed by atoms with Crippen molar-refractivity contribution in [1.82, 2.24) is 10.3 Å². The van der Waals surface area contributed by atoms with E-state index in [1.54, 1.807) is 0 Å². The molecule has 1 aliphatic carbocycles. The molecule has 132 valence electrons. The number of carbonyl (C=O) groups excluding carboxylic acids is 1. The molecule has 1 aromatic heterocycles. The van der Waals surface area contributed by atoms with Crippen LogP contribution in [0.25, 0.3) is 0 Å². The van der Waals surface area contributed by atoms with E-state index in [4.69, 9.17) is 4.74 Å². The minimum atomic E-state index is 0.357. The van der Waals surface area contributed by atoms with Crippen molar-refractivity contribution in [2.45, 2.75) is 57.4 Å². The molecule has 0 unspecified atom stereocenters. The van der Waals surface area contributed by atoms with E-state index in [1.807, 2.05) is 12.4 Å². The highest BCUT2D eigenvalue weighted by atomic mass is 32.2. The van der Waals surface area contributed by atoms with Crippen molar-refractivity contribution < 1.29 is 9.53 Å². The van der Waals surface area contributed by atoms with Gasteiger partial charge in [0.2, 0.25) is 0 Å². The van der Waals surface area contributed by atoms with Gasteiger partial charge in [0.05, 0.1) is 6.20 Å². The van der Waals surface area contributed by atoms with Gasteiger partial charge in [-0.2, -0.15) is 0 Å². The number of nitrogens with one attached hydrogen (secondary N) is 1. The van der Waals surface area contributed by atoms with Gasteiger partial charge < -0.3 is 10.1 Å². The van der Waals surface area contributed by atoms with Gasteiger partial charge in [0, 0.05) is 24.4 Å². The zero-order chi connectivity index (χ0) is 16.8. The van der Waals surface area contributed by atoms with Crippen LogP contribution in [0.15, 0.2) is 18.5 Å². The molecule has 5 heteroatoms. The van der Waals surface area contributed by atoms with Crippen LogP contribution in [0.5, 0.6) is 5.75 Å². The summed E-state index contributed by atoms with van der Waals surface area (Å²) in [6.45, 7) is 3.96. The maximum Gasteiger partial charge on any atom is 0.188 e. The molecular formula is C19H28N2O2S. The van der Waals surface area contributed by atoms with Gasteiger partial charge in [-0.25, -0.2) is 0 Å². The number of carbonyl (C=O) groups is 1. The van der Waals surface area contributed by atoms with E-state index in [0.717, 1.165) is 50.3 Å². The molecule has 1 N–H and O–H groups in total. The Morgan fingerprint density at radius 1 is 1.46 bits per heavy atom. The third-order valence-electron chi connectivity index (χ3n) is 4.95. The summed E-state index contributed by atoms with van der Waals surface area (Å²) in [7, 11) is 0. The van der Waals surface area contributed by atoms with Crippen molar-refractivity contribution in [3.8, 4) is 5.75 Å². The summed E-state index contributed by atoms with van der Waals surface area (Å²) < 4.78 is 5.84. The minimum absolute atomic E-state index is 0.357. The van der Waals surface area contributed by atoms with E-state index in [-0.39, 0.29) is 0 Å². The fourth-order valence-electron chi connectivity index (χ4n) is 3.10. The van der Waals surface area contributed by atoms with Crippen LogP contribution < -0.4 is 10.1 Å². The lowest BCUT2D eigenvalue weighted by Gasteiger charge is -2.27. The van der Waals surface area contributed by atoms with Crippen molar-refractivity contribution in [2.75, 3.05) is 18.9 Å². The summed E-state index contributed by atoms with van der Waals surface area (Å²) in [4.78, 5) is 16.0. The van der Waals surface area contributed by atoms with Crippen LogP contribution in [0.4, 0.5) is 0 Å². The average Bonchev–Trinajstić information content (AvgIpc) is 3.31. The SMILES string of the molecule is CCCCC(=O)SCC[C@H]1C[C@@H]1c1cncc(OC[C@@H]2CCN2)c1. The highest BCUT2D eigenvalue weighted by Crippen LogP contribution is 2.50. The molecule has 1 aliphatic heterocycles. The fourth-order valence-corrected chi connectivity index (χ4v) is 4.03. The lowest BCUT2D eigenvalue weighted by atomic mass is 10.1. The number of nitrogens with zero attached hydrogens (tertiary/aromatic N) is 1. The first-order valence-electron chi connectivity index (χ1n) is 9.23. The molecule has 0 amide bonds. The van der Waals surface area contributed by atoms with Crippen molar-refractivity contribution in [3.05, 3.63) is 24.0 Å². The Hall–Kier alpha value is -1.07. The molecule has 1 aromatic rings. The van der Waals surface area contributed by atoms with Crippen LogP contribution in [-0.4, -0.2) is 35.0 Å². The summed E-state index contributed by atoms with van der Waals surface area (Å²) in [6.07, 6.45) is 10.2. The molecule has 2 aliphatic rings. The minimum Gasteiger partial charge on any atom is -0.490 e. The number of hydrogen-bond acceptors (Lipinski definition) is 5. The smallest absolute Gasteiger partial charge is 0.188 e. The van der Waals surface area contributed by atoms with Gasteiger partial charge in [-0.05, 0) is 55.7 Å². The second-order valence-corrected chi connectivity index (χ2v) is 8.07. The molecule has 24 heavy (non-hydrogen) atoms. The Morgan fingerprint density at radius 2 is 2.33 bits per heavy atom. The summed E-state index contributed by atoms with van der Waals surface area (Å²) in [5.74, 6) is 3.16. The molecule has 2 fully saturated rings. The number of aromatic nitrogens is 1. The number of pyridine rings is 1. The normalized spacial score (nSPS) is 25.1. The number of hydrogen-bond donors (Lipinski definition) is 1. The van der Waals surface area contributed by atoms with Crippen LogP contribution in [0.1, 0.15) is 56.9 Å². The molecule has 4 nitrogen and oxygen atoms in total. The van der Waals surface area contributed by atoms with E-state index in [1.165, 1.54) is 30.2 Å². The molecule has 2 heterocycles. The second kappa shape index (κ2) is 8.86. The van der Waals surface area contributed by atoms with Gasteiger partial charge in [0.25, 0.3) is 0 Å².